The van der Waals surface area contributed by atoms with E-state index >= 15 is 0 Å². The molecule has 1 N–H and O–H groups in total. The zero-order valence-electron chi connectivity index (χ0n) is 9.47. The monoisotopic (exact) mass is 256 g/mol. The van der Waals surface area contributed by atoms with E-state index < -0.39 is 0 Å². The van der Waals surface area contributed by atoms with Gasteiger partial charge in [0, 0.05) is 11.8 Å². The molecule has 0 saturated carbocycles. The molecule has 0 spiro atoms. The first-order chi connectivity index (χ1) is 7.74. The van der Waals surface area contributed by atoms with E-state index in [-0.39, 0.29) is 18.1 Å². The number of carbonyl (C=O) groups excluding carboxylic acids is 1. The van der Waals surface area contributed by atoms with Gasteiger partial charge in [0.05, 0.1) is 6.54 Å². The standard InChI is InChI=1S/C11H16N2OS2/c1-8(6-15-2)13-10(14)5-12-11(13)9-3-4-16-7-9/h3-4,7-8,11-12H,5-6H2,1-2H3. The van der Waals surface area contributed by atoms with Gasteiger partial charge in [0.15, 0.2) is 0 Å². The number of hydrogen-bond acceptors (Lipinski definition) is 4. The van der Waals surface area contributed by atoms with Crippen LogP contribution < -0.4 is 5.32 Å². The molecule has 5 heteroatoms. The average Bonchev–Trinajstić information content (AvgIpc) is 2.86. The third kappa shape index (κ3) is 2.26. The number of amides is 1. The maximum Gasteiger partial charge on any atom is 0.238 e. The van der Waals surface area contributed by atoms with Crippen LogP contribution in [0.4, 0.5) is 0 Å². The topological polar surface area (TPSA) is 32.3 Å². The molecule has 0 aromatic carbocycles. The second-order valence-corrected chi connectivity index (χ2v) is 5.64. The molecule has 0 aliphatic carbocycles. The van der Waals surface area contributed by atoms with Crippen molar-refractivity contribution >= 4 is 29.0 Å². The predicted molar refractivity (Wildman–Crippen MR) is 69.8 cm³/mol. The predicted octanol–water partition coefficient (Wildman–Crippen LogP) is 1.93. The highest BCUT2D eigenvalue weighted by Crippen LogP contribution is 2.27. The Morgan fingerprint density at radius 2 is 2.56 bits per heavy atom. The summed E-state index contributed by atoms with van der Waals surface area (Å²) in [6, 6.07) is 2.36. The highest BCUT2D eigenvalue weighted by Gasteiger charge is 2.34. The second kappa shape index (κ2) is 5.21. The molecule has 1 aliphatic rings. The lowest BCUT2D eigenvalue weighted by atomic mass is 10.2. The Bertz CT molecular complexity index is 353. The number of thioether (sulfide) groups is 1. The normalized spacial score (nSPS) is 22.8. The first-order valence-corrected chi connectivity index (χ1v) is 7.63. The summed E-state index contributed by atoms with van der Waals surface area (Å²) in [7, 11) is 0. The van der Waals surface area contributed by atoms with E-state index in [9.17, 15) is 4.79 Å². The Kier molecular flexibility index (Phi) is 3.89. The summed E-state index contributed by atoms with van der Waals surface area (Å²) in [6.45, 7) is 2.57. The van der Waals surface area contributed by atoms with Crippen molar-refractivity contribution in [1.82, 2.24) is 10.2 Å². The zero-order chi connectivity index (χ0) is 11.5. The van der Waals surface area contributed by atoms with Gasteiger partial charge in [-0.2, -0.15) is 23.1 Å². The van der Waals surface area contributed by atoms with E-state index in [1.165, 1.54) is 5.56 Å². The molecule has 2 unspecified atom stereocenters. The molecule has 0 radical (unpaired) electrons. The van der Waals surface area contributed by atoms with Crippen molar-refractivity contribution in [2.75, 3.05) is 18.6 Å². The molecular formula is C11H16N2OS2. The van der Waals surface area contributed by atoms with Gasteiger partial charge in [0.1, 0.15) is 6.17 Å². The summed E-state index contributed by atoms with van der Waals surface area (Å²) in [6.07, 6.45) is 2.14. The van der Waals surface area contributed by atoms with Crippen molar-refractivity contribution in [3.63, 3.8) is 0 Å². The minimum Gasteiger partial charge on any atom is -0.318 e. The van der Waals surface area contributed by atoms with Crippen LogP contribution in [0.25, 0.3) is 0 Å². The fourth-order valence-electron chi connectivity index (χ4n) is 2.05. The largest absolute Gasteiger partial charge is 0.318 e. The summed E-state index contributed by atoms with van der Waals surface area (Å²) in [4.78, 5) is 13.8. The molecule has 2 rings (SSSR count). The number of rotatable bonds is 4. The van der Waals surface area contributed by atoms with E-state index in [0.29, 0.717) is 6.54 Å². The summed E-state index contributed by atoms with van der Waals surface area (Å²) >= 11 is 3.45. The molecule has 3 nitrogen and oxygen atoms in total. The number of nitrogens with one attached hydrogen (secondary N) is 1. The molecule has 1 fully saturated rings. The molecule has 88 valence electrons. The fraction of sp³-hybridized carbons (Fsp3) is 0.545. The molecule has 1 aromatic rings. The zero-order valence-corrected chi connectivity index (χ0v) is 11.1. The maximum absolute atomic E-state index is 11.9. The van der Waals surface area contributed by atoms with Crippen LogP contribution >= 0.6 is 23.1 Å². The Labute approximate surface area is 104 Å². The Hall–Kier alpha value is -0.520. The van der Waals surface area contributed by atoms with E-state index in [2.05, 4.69) is 35.3 Å². The molecule has 1 aromatic heterocycles. The van der Waals surface area contributed by atoms with Crippen molar-refractivity contribution < 1.29 is 4.79 Å². The molecule has 1 amide bonds. The SMILES string of the molecule is CSCC(C)N1C(=O)CNC1c1ccsc1. The summed E-state index contributed by atoms with van der Waals surface area (Å²) < 4.78 is 0. The Morgan fingerprint density at radius 3 is 3.19 bits per heavy atom. The van der Waals surface area contributed by atoms with E-state index in [1.807, 2.05) is 4.90 Å². The highest BCUT2D eigenvalue weighted by atomic mass is 32.2. The van der Waals surface area contributed by atoms with E-state index in [4.69, 9.17) is 0 Å². The minimum absolute atomic E-state index is 0.0703. The van der Waals surface area contributed by atoms with Crippen LogP contribution in [-0.2, 0) is 4.79 Å². The van der Waals surface area contributed by atoms with Gasteiger partial charge in [-0.05, 0) is 35.6 Å². The number of nitrogens with zero attached hydrogens (tertiary/aromatic N) is 1. The van der Waals surface area contributed by atoms with Gasteiger partial charge in [-0.1, -0.05) is 0 Å². The number of carbonyl (C=O) groups is 1. The quantitative estimate of drug-likeness (QED) is 0.893. The van der Waals surface area contributed by atoms with E-state index in [0.717, 1.165) is 5.75 Å². The number of thiophene rings is 1. The van der Waals surface area contributed by atoms with E-state index in [1.54, 1.807) is 23.1 Å². The van der Waals surface area contributed by atoms with Gasteiger partial charge in [-0.15, -0.1) is 0 Å². The van der Waals surface area contributed by atoms with Gasteiger partial charge in [-0.3, -0.25) is 10.1 Å². The lowest BCUT2D eigenvalue weighted by Gasteiger charge is -2.29. The molecule has 2 heterocycles. The second-order valence-electron chi connectivity index (χ2n) is 3.95. The van der Waals surface area contributed by atoms with Gasteiger partial charge in [-0.25, -0.2) is 0 Å². The molecule has 0 bridgehead atoms. The van der Waals surface area contributed by atoms with Crippen molar-refractivity contribution in [3.8, 4) is 0 Å². The van der Waals surface area contributed by atoms with Gasteiger partial charge < -0.3 is 4.90 Å². The maximum atomic E-state index is 11.9. The average molecular weight is 256 g/mol. The van der Waals surface area contributed by atoms with Crippen LogP contribution in [0.5, 0.6) is 0 Å². The van der Waals surface area contributed by atoms with Crippen LogP contribution in [0, 0.1) is 0 Å². The van der Waals surface area contributed by atoms with Gasteiger partial charge >= 0.3 is 0 Å². The van der Waals surface area contributed by atoms with Gasteiger partial charge in [0.25, 0.3) is 0 Å². The highest BCUT2D eigenvalue weighted by molar-refractivity contribution is 7.98. The summed E-state index contributed by atoms with van der Waals surface area (Å²) in [5.74, 6) is 1.19. The lowest BCUT2D eigenvalue weighted by molar-refractivity contribution is -0.129. The molecule has 2 atom stereocenters. The summed E-state index contributed by atoms with van der Waals surface area (Å²) in [5, 5.41) is 7.43. The van der Waals surface area contributed by atoms with Crippen molar-refractivity contribution in [3.05, 3.63) is 22.4 Å². The van der Waals surface area contributed by atoms with Crippen LogP contribution in [0.2, 0.25) is 0 Å². The molecule has 16 heavy (non-hydrogen) atoms. The van der Waals surface area contributed by atoms with Crippen LogP contribution in [-0.4, -0.2) is 35.4 Å². The van der Waals surface area contributed by atoms with Crippen LogP contribution in [0.3, 0.4) is 0 Å². The Morgan fingerprint density at radius 1 is 1.75 bits per heavy atom. The third-order valence-corrected chi connectivity index (χ3v) is 4.27. The number of hydrogen-bond donors (Lipinski definition) is 1. The van der Waals surface area contributed by atoms with Gasteiger partial charge in [0.2, 0.25) is 5.91 Å². The first kappa shape index (κ1) is 12.0. The summed E-state index contributed by atoms with van der Waals surface area (Å²) in [5.41, 5.74) is 1.20. The van der Waals surface area contributed by atoms with Crippen LogP contribution in [0.1, 0.15) is 18.7 Å². The minimum atomic E-state index is 0.0703. The molecule has 1 saturated heterocycles. The molecule has 1 aliphatic heterocycles. The fourth-order valence-corrected chi connectivity index (χ4v) is 3.37. The first-order valence-electron chi connectivity index (χ1n) is 5.29. The van der Waals surface area contributed by atoms with Crippen LogP contribution in [0.15, 0.2) is 16.8 Å². The molecular weight excluding hydrogens is 240 g/mol. The van der Waals surface area contributed by atoms with Crippen molar-refractivity contribution in [2.24, 2.45) is 0 Å². The van der Waals surface area contributed by atoms with Crippen molar-refractivity contribution in [2.45, 2.75) is 19.1 Å². The third-order valence-electron chi connectivity index (χ3n) is 2.75. The van der Waals surface area contributed by atoms with Crippen molar-refractivity contribution in [1.29, 1.82) is 0 Å². The smallest absolute Gasteiger partial charge is 0.238 e. The lowest BCUT2D eigenvalue weighted by Crippen LogP contribution is -2.39. The Balaban J connectivity index is 2.16.